The second-order valence-electron chi connectivity index (χ2n) is 22.6. The Hall–Kier alpha value is -10.4. The molecule has 414 valence electrons. The quantitative estimate of drug-likeness (QED) is 0.122. The molecule has 0 unspecified atom stereocenters. The summed E-state index contributed by atoms with van der Waals surface area (Å²) in [4.78, 5) is 0. The Labute approximate surface area is 528 Å². The molecular weight excluding hydrogens is 1200 g/mol. The van der Waals surface area contributed by atoms with Gasteiger partial charge in [-0.1, -0.05) is 305 Å². The van der Waals surface area contributed by atoms with Crippen LogP contribution in [0, 0.1) is 0 Å². The number of para-hydroxylation sites is 4. The number of hydrogen-bond donors (Lipinski definition) is 0. The summed E-state index contributed by atoms with van der Waals surface area (Å²) in [5.41, 5.74) is 28.0. The van der Waals surface area contributed by atoms with E-state index in [9.17, 15) is 0 Å². The maximum absolute atomic E-state index is 4.12. The van der Waals surface area contributed by atoms with Gasteiger partial charge in [0.25, 0.3) is 0 Å². The van der Waals surface area contributed by atoms with Gasteiger partial charge in [-0.05, 0) is 144 Å². The first kappa shape index (κ1) is 53.1. The molecule has 0 saturated heterocycles. The molecule has 2 heterocycles. The van der Waals surface area contributed by atoms with Gasteiger partial charge in [0, 0.05) is 41.6 Å². The molecule has 0 aliphatic carbocycles. The van der Waals surface area contributed by atoms with Gasteiger partial charge in [0.05, 0.1) is 33.4 Å². The number of fused-ring (bicyclic) bond motifs is 6. The van der Waals surface area contributed by atoms with Crippen LogP contribution < -0.4 is 0 Å². The van der Waals surface area contributed by atoms with Gasteiger partial charge in [-0.15, -0.1) is 0 Å². The highest BCUT2D eigenvalue weighted by Gasteiger charge is 2.22. The van der Waals surface area contributed by atoms with Crippen LogP contribution in [-0.4, -0.2) is 9.13 Å². The highest BCUT2D eigenvalue weighted by Crippen LogP contribution is 2.46. The van der Waals surface area contributed by atoms with Crippen LogP contribution in [0.5, 0.6) is 0 Å². The van der Waals surface area contributed by atoms with Crippen LogP contribution in [0.25, 0.3) is 155 Å². The summed E-state index contributed by atoms with van der Waals surface area (Å²) < 4.78 is 7.05. The molecule has 0 bridgehead atoms. The number of hydrogen-bond acceptors (Lipinski definition) is 0. The normalized spacial score (nSPS) is 11.5. The molecule has 0 spiro atoms. The molecule has 16 aromatic rings. The minimum atomic E-state index is 1.03. The first-order valence-corrected chi connectivity index (χ1v) is 31.4. The van der Waals surface area contributed by atoms with Gasteiger partial charge >= 0.3 is 0 Å². The third-order valence-electron chi connectivity index (χ3n) is 17.5. The van der Waals surface area contributed by atoms with Crippen LogP contribution in [-0.2, 0) is 0 Å². The van der Waals surface area contributed by atoms with E-state index in [1.54, 1.807) is 0 Å². The Bertz CT molecular complexity index is 5330. The SMILES string of the molecule is Brc1ccccc1-c1ccc(-c2ccc3c4ccccc4n(-c4ccccc4-c4cccc(-c5ccc(-c6ccc(-c7ccc8c9ccccc9n(-c9ccccc9-c9cccc(-c%10ccccc%10)c9)c8c7)cc6)c(Br)c5)c4-c4ccccc4)c3c2)cc1. The van der Waals surface area contributed by atoms with Crippen LogP contribution >= 0.6 is 31.9 Å². The predicted molar refractivity (Wildman–Crippen MR) is 379 cm³/mol. The van der Waals surface area contributed by atoms with Crippen molar-refractivity contribution in [3.05, 3.63) is 337 Å². The lowest BCUT2D eigenvalue weighted by molar-refractivity contribution is 1.18. The summed E-state index contributed by atoms with van der Waals surface area (Å²) >= 11 is 7.88. The van der Waals surface area contributed by atoms with Gasteiger partial charge in [-0.2, -0.15) is 0 Å². The number of benzene rings is 14. The van der Waals surface area contributed by atoms with Crippen LogP contribution in [0.15, 0.2) is 337 Å². The van der Waals surface area contributed by atoms with Crippen molar-refractivity contribution in [2.45, 2.75) is 0 Å². The monoisotopic (exact) mass is 1250 g/mol. The molecule has 0 fully saturated rings. The zero-order valence-corrected chi connectivity index (χ0v) is 51.0. The molecule has 0 amide bonds. The molecule has 2 aromatic heterocycles. The topological polar surface area (TPSA) is 9.86 Å². The Kier molecular flexibility index (Phi) is 13.6. The Morgan fingerprint density at radius 1 is 0.182 bits per heavy atom. The van der Waals surface area contributed by atoms with Crippen molar-refractivity contribution >= 4 is 75.5 Å². The van der Waals surface area contributed by atoms with Crippen molar-refractivity contribution in [3.63, 3.8) is 0 Å². The molecule has 0 radical (unpaired) electrons. The zero-order chi connectivity index (χ0) is 58.7. The van der Waals surface area contributed by atoms with Crippen molar-refractivity contribution in [2.24, 2.45) is 0 Å². The summed E-state index contributed by atoms with van der Waals surface area (Å²) in [5, 5.41) is 4.90. The fourth-order valence-electron chi connectivity index (χ4n) is 13.4. The fraction of sp³-hybridized carbons (Fsp3) is 0. The van der Waals surface area contributed by atoms with Crippen molar-refractivity contribution in [1.82, 2.24) is 9.13 Å². The molecule has 88 heavy (non-hydrogen) atoms. The van der Waals surface area contributed by atoms with Crippen LogP contribution in [0.2, 0.25) is 0 Å². The van der Waals surface area contributed by atoms with E-state index in [2.05, 4.69) is 369 Å². The molecule has 2 nitrogen and oxygen atoms in total. The first-order chi connectivity index (χ1) is 43.5. The molecule has 0 aliphatic rings. The molecular formula is C84H54Br2N2. The van der Waals surface area contributed by atoms with E-state index in [4.69, 9.17) is 0 Å². The van der Waals surface area contributed by atoms with E-state index in [0.717, 1.165) is 75.9 Å². The molecule has 0 N–H and O–H groups in total. The van der Waals surface area contributed by atoms with Gasteiger partial charge in [-0.25, -0.2) is 0 Å². The van der Waals surface area contributed by atoms with E-state index < -0.39 is 0 Å². The first-order valence-electron chi connectivity index (χ1n) is 29.8. The van der Waals surface area contributed by atoms with Crippen molar-refractivity contribution in [2.75, 3.05) is 0 Å². The molecule has 0 atom stereocenters. The molecule has 4 heteroatoms. The van der Waals surface area contributed by atoms with Crippen LogP contribution in [0.1, 0.15) is 0 Å². The largest absolute Gasteiger partial charge is 0.309 e. The Morgan fingerprint density at radius 3 is 1.16 bits per heavy atom. The number of nitrogens with zero attached hydrogens (tertiary/aromatic N) is 2. The highest BCUT2D eigenvalue weighted by molar-refractivity contribution is 9.11. The van der Waals surface area contributed by atoms with Gasteiger partial charge < -0.3 is 9.13 Å². The van der Waals surface area contributed by atoms with Gasteiger partial charge in [-0.3, -0.25) is 0 Å². The van der Waals surface area contributed by atoms with Crippen LogP contribution in [0.3, 0.4) is 0 Å². The maximum atomic E-state index is 4.12. The lowest BCUT2D eigenvalue weighted by Crippen LogP contribution is -1.99. The zero-order valence-electron chi connectivity index (χ0n) is 47.8. The summed E-state index contributed by atoms with van der Waals surface area (Å²) in [5.74, 6) is 0. The lowest BCUT2D eigenvalue weighted by atomic mass is 9.86. The van der Waals surface area contributed by atoms with E-state index in [1.165, 1.54) is 88.2 Å². The smallest absolute Gasteiger partial charge is 0.0547 e. The highest BCUT2D eigenvalue weighted by atomic mass is 79.9. The third-order valence-corrected chi connectivity index (χ3v) is 18.9. The minimum absolute atomic E-state index is 1.03. The molecule has 14 aromatic carbocycles. The average Bonchev–Trinajstić information content (AvgIpc) is 1.75. The van der Waals surface area contributed by atoms with E-state index in [0.29, 0.717) is 0 Å². The Morgan fingerprint density at radius 2 is 0.557 bits per heavy atom. The summed E-state index contributed by atoms with van der Waals surface area (Å²) in [6.45, 7) is 0. The van der Waals surface area contributed by atoms with Gasteiger partial charge in [0.2, 0.25) is 0 Å². The predicted octanol–water partition coefficient (Wildman–Crippen LogP) is 24.4. The minimum Gasteiger partial charge on any atom is -0.309 e. The molecule has 0 aliphatic heterocycles. The number of aromatic nitrogens is 2. The van der Waals surface area contributed by atoms with Gasteiger partial charge in [0.1, 0.15) is 0 Å². The molecule has 0 saturated carbocycles. The maximum Gasteiger partial charge on any atom is 0.0547 e. The van der Waals surface area contributed by atoms with Crippen molar-refractivity contribution < 1.29 is 0 Å². The van der Waals surface area contributed by atoms with E-state index in [-0.39, 0.29) is 0 Å². The summed E-state index contributed by atoms with van der Waals surface area (Å²) in [7, 11) is 0. The van der Waals surface area contributed by atoms with Crippen LogP contribution in [0.4, 0.5) is 0 Å². The Balaban J connectivity index is 0.752. The van der Waals surface area contributed by atoms with Crippen molar-refractivity contribution in [3.8, 4) is 112 Å². The second-order valence-corrected chi connectivity index (χ2v) is 24.3. The third kappa shape index (κ3) is 9.41. The van der Waals surface area contributed by atoms with Crippen molar-refractivity contribution in [1.29, 1.82) is 0 Å². The lowest BCUT2D eigenvalue weighted by Gasteiger charge is -2.20. The standard InChI is InChI=1S/C84H54Br2N2/c85-76-32-12-7-25-66(76)58-41-37-56(38-42-58)63-46-50-74-71-28-10-15-35-80(71)88(83(74)54-63)81-36-16-11-29-72(81)75-31-18-30-69(84(75)60-21-5-2-6-22-60)65-47-48-67(77(86)52-65)59-43-39-57(40-44-59)62-45-49-73-70-27-9-14-34-79(70)87(82(73)53-62)78-33-13-8-26-68(78)64-24-17-23-61(51-64)55-19-3-1-4-20-55/h1-54H. The summed E-state index contributed by atoms with van der Waals surface area (Å²) in [6.07, 6.45) is 0. The van der Waals surface area contributed by atoms with E-state index >= 15 is 0 Å². The average molecular weight is 1250 g/mol. The number of halogens is 2. The van der Waals surface area contributed by atoms with E-state index in [1.807, 2.05) is 0 Å². The summed E-state index contributed by atoms with van der Waals surface area (Å²) in [6, 6.07) is 120. The molecule has 16 rings (SSSR count). The second kappa shape index (κ2) is 22.5. The van der Waals surface area contributed by atoms with Gasteiger partial charge in [0.15, 0.2) is 0 Å². The number of rotatable bonds is 11. The fourth-order valence-corrected chi connectivity index (χ4v) is 14.5.